The summed E-state index contributed by atoms with van der Waals surface area (Å²) in [6.07, 6.45) is 0.972. The van der Waals surface area contributed by atoms with Crippen molar-refractivity contribution in [2.24, 2.45) is 0 Å². The molecular weight excluding hydrogens is 264 g/mol. The monoisotopic (exact) mass is 280 g/mol. The van der Waals surface area contributed by atoms with E-state index < -0.39 is 0 Å². The third-order valence-electron chi connectivity index (χ3n) is 3.00. The lowest BCUT2D eigenvalue weighted by atomic mass is 10.2. The van der Waals surface area contributed by atoms with Crippen LogP contribution in [0.5, 0.6) is 5.75 Å². The minimum Gasteiger partial charge on any atom is -0.484 e. The quantitative estimate of drug-likeness (QED) is 0.915. The van der Waals surface area contributed by atoms with Crippen LogP contribution in [0.3, 0.4) is 0 Å². The molecular formula is C17H16N2O2. The molecule has 0 saturated carbocycles. The van der Waals surface area contributed by atoms with Crippen LogP contribution in [-0.4, -0.2) is 12.5 Å². The number of nitrogens with one attached hydrogen (secondary N) is 1. The summed E-state index contributed by atoms with van der Waals surface area (Å²) in [5.74, 6) is 0.432. The molecule has 0 aliphatic rings. The molecule has 1 N–H and O–H groups in total. The molecule has 1 amide bonds. The average molecular weight is 280 g/mol. The number of amides is 1. The Hall–Kier alpha value is -2.80. The van der Waals surface area contributed by atoms with Gasteiger partial charge in [0.15, 0.2) is 6.61 Å². The van der Waals surface area contributed by atoms with Crippen LogP contribution in [-0.2, 0) is 11.2 Å². The number of benzene rings is 2. The SMILES string of the molecule is CCc1ccc(OCC(=O)Nc2ccc(C#N)cc2)cc1. The van der Waals surface area contributed by atoms with Crippen molar-refractivity contribution < 1.29 is 9.53 Å². The minimum atomic E-state index is -0.237. The van der Waals surface area contributed by atoms with E-state index in [0.29, 0.717) is 17.0 Å². The van der Waals surface area contributed by atoms with Crippen LogP contribution in [0, 0.1) is 11.3 Å². The highest BCUT2D eigenvalue weighted by Crippen LogP contribution is 2.13. The van der Waals surface area contributed by atoms with Gasteiger partial charge < -0.3 is 10.1 Å². The number of carbonyl (C=O) groups is 1. The third-order valence-corrected chi connectivity index (χ3v) is 3.00. The fraction of sp³-hybridized carbons (Fsp3) is 0.176. The fourth-order valence-corrected chi connectivity index (χ4v) is 1.80. The Morgan fingerprint density at radius 1 is 1.14 bits per heavy atom. The molecule has 106 valence electrons. The number of hydrogen-bond acceptors (Lipinski definition) is 3. The van der Waals surface area contributed by atoms with Crippen LogP contribution >= 0.6 is 0 Å². The summed E-state index contributed by atoms with van der Waals surface area (Å²) >= 11 is 0. The van der Waals surface area contributed by atoms with E-state index in [1.807, 2.05) is 30.3 Å². The van der Waals surface area contributed by atoms with Crippen LogP contribution in [0.15, 0.2) is 48.5 Å². The highest BCUT2D eigenvalue weighted by Gasteiger charge is 2.04. The third kappa shape index (κ3) is 4.36. The molecule has 0 aliphatic heterocycles. The minimum absolute atomic E-state index is 0.0501. The molecule has 0 atom stereocenters. The first-order valence-electron chi connectivity index (χ1n) is 6.73. The summed E-state index contributed by atoms with van der Waals surface area (Å²) in [4.78, 5) is 11.8. The van der Waals surface area contributed by atoms with E-state index in [9.17, 15) is 4.79 Å². The Morgan fingerprint density at radius 2 is 1.81 bits per heavy atom. The van der Waals surface area contributed by atoms with Gasteiger partial charge in [-0.1, -0.05) is 19.1 Å². The number of hydrogen-bond donors (Lipinski definition) is 1. The highest BCUT2D eigenvalue weighted by molar-refractivity contribution is 5.91. The Labute approximate surface area is 124 Å². The maximum atomic E-state index is 11.8. The topological polar surface area (TPSA) is 62.1 Å². The zero-order valence-corrected chi connectivity index (χ0v) is 11.8. The maximum absolute atomic E-state index is 11.8. The molecule has 0 saturated heterocycles. The smallest absolute Gasteiger partial charge is 0.262 e. The molecule has 0 spiro atoms. The van der Waals surface area contributed by atoms with Gasteiger partial charge in [0.1, 0.15) is 5.75 Å². The number of nitrogens with zero attached hydrogens (tertiary/aromatic N) is 1. The van der Waals surface area contributed by atoms with Crippen molar-refractivity contribution in [2.45, 2.75) is 13.3 Å². The molecule has 2 rings (SSSR count). The first-order chi connectivity index (χ1) is 10.2. The lowest BCUT2D eigenvalue weighted by molar-refractivity contribution is -0.118. The first-order valence-corrected chi connectivity index (χ1v) is 6.73. The summed E-state index contributed by atoms with van der Waals surface area (Å²) in [5, 5.41) is 11.4. The highest BCUT2D eigenvalue weighted by atomic mass is 16.5. The molecule has 0 unspecified atom stereocenters. The number of ether oxygens (including phenoxy) is 1. The van der Waals surface area contributed by atoms with Crippen molar-refractivity contribution >= 4 is 11.6 Å². The maximum Gasteiger partial charge on any atom is 0.262 e. The molecule has 0 aromatic heterocycles. The summed E-state index contributed by atoms with van der Waals surface area (Å²) in [6.45, 7) is 2.03. The van der Waals surface area contributed by atoms with Gasteiger partial charge in [-0.3, -0.25) is 4.79 Å². The second-order valence-corrected chi connectivity index (χ2v) is 4.52. The van der Waals surface area contributed by atoms with E-state index in [2.05, 4.69) is 12.2 Å². The number of anilines is 1. The van der Waals surface area contributed by atoms with Crippen LogP contribution < -0.4 is 10.1 Å². The van der Waals surface area contributed by atoms with Crippen molar-refractivity contribution in [3.05, 3.63) is 59.7 Å². The molecule has 21 heavy (non-hydrogen) atoms. The second-order valence-electron chi connectivity index (χ2n) is 4.52. The van der Waals surface area contributed by atoms with E-state index in [1.54, 1.807) is 24.3 Å². The van der Waals surface area contributed by atoms with Gasteiger partial charge in [0.2, 0.25) is 0 Å². The molecule has 2 aromatic carbocycles. The van der Waals surface area contributed by atoms with Gasteiger partial charge in [-0.05, 0) is 48.4 Å². The molecule has 4 heteroatoms. The van der Waals surface area contributed by atoms with E-state index in [1.165, 1.54) is 5.56 Å². The van der Waals surface area contributed by atoms with E-state index >= 15 is 0 Å². The number of rotatable bonds is 5. The zero-order chi connectivity index (χ0) is 15.1. The summed E-state index contributed by atoms with van der Waals surface area (Å²) in [6, 6.07) is 16.4. The molecule has 0 bridgehead atoms. The average Bonchev–Trinajstić information content (AvgIpc) is 2.54. The van der Waals surface area contributed by atoms with Crippen molar-refractivity contribution in [1.82, 2.24) is 0 Å². The lowest BCUT2D eigenvalue weighted by Crippen LogP contribution is -2.20. The molecule has 0 radical (unpaired) electrons. The van der Waals surface area contributed by atoms with Crippen LogP contribution in [0.25, 0.3) is 0 Å². The van der Waals surface area contributed by atoms with Crippen molar-refractivity contribution in [3.8, 4) is 11.8 Å². The molecule has 0 fully saturated rings. The predicted molar refractivity (Wildman–Crippen MR) is 81.1 cm³/mol. The van der Waals surface area contributed by atoms with Gasteiger partial charge in [-0.15, -0.1) is 0 Å². The summed E-state index contributed by atoms with van der Waals surface area (Å²) in [7, 11) is 0. The fourth-order valence-electron chi connectivity index (χ4n) is 1.80. The van der Waals surface area contributed by atoms with Gasteiger partial charge in [0, 0.05) is 5.69 Å². The standard InChI is InChI=1S/C17H16N2O2/c1-2-13-5-9-16(10-6-13)21-12-17(20)19-15-7-3-14(11-18)4-8-15/h3-10H,2,12H2,1H3,(H,19,20). The first kappa shape index (κ1) is 14.6. The van der Waals surface area contributed by atoms with Gasteiger partial charge >= 0.3 is 0 Å². The Morgan fingerprint density at radius 3 is 2.38 bits per heavy atom. The van der Waals surface area contributed by atoms with E-state index in [-0.39, 0.29) is 12.5 Å². The van der Waals surface area contributed by atoms with Gasteiger partial charge in [-0.2, -0.15) is 5.26 Å². The number of nitriles is 1. The second kappa shape index (κ2) is 7.11. The molecule has 0 heterocycles. The van der Waals surface area contributed by atoms with Gasteiger partial charge in [0.25, 0.3) is 5.91 Å². The van der Waals surface area contributed by atoms with Crippen molar-refractivity contribution in [1.29, 1.82) is 5.26 Å². The number of carbonyl (C=O) groups excluding carboxylic acids is 1. The normalized spacial score (nSPS) is 9.71. The number of aryl methyl sites for hydroxylation is 1. The van der Waals surface area contributed by atoms with Crippen molar-refractivity contribution in [3.63, 3.8) is 0 Å². The summed E-state index contributed by atoms with van der Waals surface area (Å²) in [5.41, 5.74) is 2.42. The van der Waals surface area contributed by atoms with E-state index in [4.69, 9.17) is 10.00 Å². The Bertz CT molecular complexity index is 640. The van der Waals surface area contributed by atoms with Crippen molar-refractivity contribution in [2.75, 3.05) is 11.9 Å². The van der Waals surface area contributed by atoms with Crippen LogP contribution in [0.4, 0.5) is 5.69 Å². The Balaban J connectivity index is 1.85. The molecule has 0 aliphatic carbocycles. The zero-order valence-electron chi connectivity index (χ0n) is 11.8. The Kier molecular flexibility index (Phi) is 4.94. The predicted octanol–water partition coefficient (Wildman–Crippen LogP) is 3.14. The van der Waals surface area contributed by atoms with E-state index in [0.717, 1.165) is 6.42 Å². The van der Waals surface area contributed by atoms with Gasteiger partial charge in [-0.25, -0.2) is 0 Å². The van der Waals surface area contributed by atoms with Crippen LogP contribution in [0.2, 0.25) is 0 Å². The van der Waals surface area contributed by atoms with Crippen LogP contribution in [0.1, 0.15) is 18.1 Å². The largest absolute Gasteiger partial charge is 0.484 e. The van der Waals surface area contributed by atoms with Gasteiger partial charge in [0.05, 0.1) is 11.6 Å². The molecule has 2 aromatic rings. The lowest BCUT2D eigenvalue weighted by Gasteiger charge is -2.08. The molecule has 4 nitrogen and oxygen atoms in total. The summed E-state index contributed by atoms with van der Waals surface area (Å²) < 4.78 is 5.42.